The second kappa shape index (κ2) is 4.71. The topological polar surface area (TPSA) is 44.1 Å². The Balaban J connectivity index is 2.09. The molecule has 0 amide bonds. The van der Waals surface area contributed by atoms with E-state index in [0.717, 1.165) is 43.1 Å². The maximum atomic E-state index is 10.9. The van der Waals surface area contributed by atoms with Crippen molar-refractivity contribution in [3.8, 4) is 0 Å². The Kier molecular flexibility index (Phi) is 3.06. The van der Waals surface area contributed by atoms with Crippen LogP contribution < -0.4 is 0 Å². The molecule has 1 unspecified atom stereocenters. The van der Waals surface area contributed by atoms with Crippen LogP contribution in [0.2, 0.25) is 5.02 Å². The lowest BCUT2D eigenvalue weighted by Gasteiger charge is -2.23. The predicted octanol–water partition coefficient (Wildman–Crippen LogP) is 3.20. The number of nitrogens with zero attached hydrogens (tertiary/aromatic N) is 2. The second-order valence-corrected chi connectivity index (χ2v) is 4.87. The zero-order chi connectivity index (χ0) is 12.5. The van der Waals surface area contributed by atoms with Crippen molar-refractivity contribution in [2.75, 3.05) is 6.61 Å². The number of aromatic nitrogens is 2. The highest BCUT2D eigenvalue weighted by atomic mass is 35.5. The lowest BCUT2D eigenvalue weighted by Crippen LogP contribution is -2.19. The van der Waals surface area contributed by atoms with Crippen molar-refractivity contribution in [1.29, 1.82) is 0 Å². The molecule has 94 valence electrons. The molecule has 0 N–H and O–H groups in total. The molecule has 0 saturated carbocycles. The van der Waals surface area contributed by atoms with E-state index in [1.165, 1.54) is 0 Å². The van der Waals surface area contributed by atoms with Crippen molar-refractivity contribution in [3.05, 3.63) is 28.9 Å². The van der Waals surface area contributed by atoms with Crippen molar-refractivity contribution in [2.24, 2.45) is 0 Å². The summed E-state index contributed by atoms with van der Waals surface area (Å²) in [5.74, 6) is 0. The summed E-state index contributed by atoms with van der Waals surface area (Å²) in [5, 5.41) is 5.74. The van der Waals surface area contributed by atoms with E-state index in [2.05, 4.69) is 5.10 Å². The summed E-state index contributed by atoms with van der Waals surface area (Å²) in [7, 11) is 0. The van der Waals surface area contributed by atoms with Gasteiger partial charge in [0.25, 0.3) is 0 Å². The molecule has 2 heterocycles. The van der Waals surface area contributed by atoms with Crippen LogP contribution in [0.5, 0.6) is 0 Å². The third kappa shape index (κ3) is 1.91. The van der Waals surface area contributed by atoms with E-state index in [1.807, 2.05) is 4.68 Å². The maximum Gasteiger partial charge on any atom is 0.151 e. The minimum absolute atomic E-state index is 0.0306. The van der Waals surface area contributed by atoms with Gasteiger partial charge in [-0.1, -0.05) is 11.6 Å². The number of carbonyl (C=O) groups excluding carboxylic acids is 1. The molecular formula is C13H13ClN2O2. The number of hydrogen-bond donors (Lipinski definition) is 0. The number of benzene rings is 1. The fraction of sp³-hybridized carbons (Fsp3) is 0.385. The van der Waals surface area contributed by atoms with Gasteiger partial charge in [-0.2, -0.15) is 5.10 Å². The first-order valence-electron chi connectivity index (χ1n) is 6.03. The minimum Gasteiger partial charge on any atom is -0.356 e. The zero-order valence-electron chi connectivity index (χ0n) is 9.80. The Morgan fingerprint density at radius 3 is 3.06 bits per heavy atom. The Bertz CT molecular complexity index is 588. The molecule has 0 aliphatic carbocycles. The number of ether oxygens (including phenoxy) is 1. The molecule has 0 radical (unpaired) electrons. The second-order valence-electron chi connectivity index (χ2n) is 4.46. The molecule has 1 atom stereocenters. The van der Waals surface area contributed by atoms with E-state index >= 15 is 0 Å². The minimum atomic E-state index is -0.0306. The van der Waals surface area contributed by atoms with Crippen LogP contribution in [0, 0.1) is 0 Å². The first-order chi connectivity index (χ1) is 8.79. The van der Waals surface area contributed by atoms with Gasteiger partial charge < -0.3 is 4.74 Å². The average molecular weight is 265 g/mol. The van der Waals surface area contributed by atoms with Gasteiger partial charge in [0, 0.05) is 17.6 Å². The SMILES string of the molecule is O=Cc1cc2c(cnn2C2CCCCO2)cc1Cl. The van der Waals surface area contributed by atoms with Crippen molar-refractivity contribution in [1.82, 2.24) is 9.78 Å². The summed E-state index contributed by atoms with van der Waals surface area (Å²) in [5.41, 5.74) is 1.38. The molecule has 0 bridgehead atoms. The highest BCUT2D eigenvalue weighted by molar-refractivity contribution is 6.33. The molecule has 18 heavy (non-hydrogen) atoms. The largest absolute Gasteiger partial charge is 0.356 e. The fourth-order valence-electron chi connectivity index (χ4n) is 2.32. The number of rotatable bonds is 2. The highest BCUT2D eigenvalue weighted by Gasteiger charge is 2.19. The molecule has 1 aliphatic rings. The van der Waals surface area contributed by atoms with Crippen LogP contribution in [-0.4, -0.2) is 22.7 Å². The monoisotopic (exact) mass is 264 g/mol. The summed E-state index contributed by atoms with van der Waals surface area (Å²) in [6, 6.07) is 3.54. The zero-order valence-corrected chi connectivity index (χ0v) is 10.6. The van der Waals surface area contributed by atoms with Crippen LogP contribution in [0.1, 0.15) is 35.8 Å². The van der Waals surface area contributed by atoms with E-state index in [4.69, 9.17) is 16.3 Å². The van der Waals surface area contributed by atoms with Crippen molar-refractivity contribution in [3.63, 3.8) is 0 Å². The van der Waals surface area contributed by atoms with Crippen LogP contribution in [0.3, 0.4) is 0 Å². The molecule has 3 rings (SSSR count). The molecule has 4 nitrogen and oxygen atoms in total. The number of aldehydes is 1. The van der Waals surface area contributed by atoms with Crippen LogP contribution in [0.4, 0.5) is 0 Å². The predicted molar refractivity (Wildman–Crippen MR) is 69.0 cm³/mol. The average Bonchev–Trinajstić information content (AvgIpc) is 2.81. The molecule has 1 fully saturated rings. The van der Waals surface area contributed by atoms with E-state index in [9.17, 15) is 4.79 Å². The standard InChI is InChI=1S/C13H13ClN2O2/c14-11-5-9-7-15-16(12(9)6-10(11)8-17)13-3-1-2-4-18-13/h5-8,13H,1-4H2. The summed E-state index contributed by atoms with van der Waals surface area (Å²) >= 11 is 6.00. The number of halogens is 1. The molecule has 5 heteroatoms. The number of fused-ring (bicyclic) bond motifs is 1. The van der Waals surface area contributed by atoms with Gasteiger partial charge in [-0.25, -0.2) is 4.68 Å². The summed E-state index contributed by atoms with van der Waals surface area (Å²) in [6.45, 7) is 0.764. The van der Waals surface area contributed by atoms with Gasteiger partial charge in [0.05, 0.1) is 16.7 Å². The smallest absolute Gasteiger partial charge is 0.151 e. The maximum absolute atomic E-state index is 10.9. The van der Waals surface area contributed by atoms with Gasteiger partial charge in [0.1, 0.15) is 0 Å². The summed E-state index contributed by atoms with van der Waals surface area (Å²) in [6.07, 6.45) is 5.68. The Morgan fingerprint density at radius 2 is 2.33 bits per heavy atom. The van der Waals surface area contributed by atoms with Gasteiger partial charge in [-0.15, -0.1) is 0 Å². The van der Waals surface area contributed by atoms with Gasteiger partial charge in [0.15, 0.2) is 12.5 Å². The van der Waals surface area contributed by atoms with E-state index in [0.29, 0.717) is 10.6 Å². The lowest BCUT2D eigenvalue weighted by molar-refractivity contribution is -0.0366. The molecule has 0 spiro atoms. The number of carbonyl (C=O) groups is 1. The lowest BCUT2D eigenvalue weighted by atomic mass is 10.1. The third-order valence-corrected chi connectivity index (χ3v) is 3.60. The Hall–Kier alpha value is -1.39. The first-order valence-corrected chi connectivity index (χ1v) is 6.41. The van der Waals surface area contributed by atoms with Gasteiger partial charge in [-0.05, 0) is 31.4 Å². The molecular weight excluding hydrogens is 252 g/mol. The molecule has 1 aromatic heterocycles. The van der Waals surface area contributed by atoms with Crippen LogP contribution in [0.25, 0.3) is 10.9 Å². The van der Waals surface area contributed by atoms with Crippen LogP contribution in [0.15, 0.2) is 18.3 Å². The number of hydrogen-bond acceptors (Lipinski definition) is 3. The van der Waals surface area contributed by atoms with E-state index < -0.39 is 0 Å². The highest BCUT2D eigenvalue weighted by Crippen LogP contribution is 2.28. The fourth-order valence-corrected chi connectivity index (χ4v) is 2.53. The molecule has 1 saturated heterocycles. The van der Waals surface area contributed by atoms with Gasteiger partial charge in [0.2, 0.25) is 0 Å². The van der Waals surface area contributed by atoms with E-state index in [1.54, 1.807) is 18.3 Å². The van der Waals surface area contributed by atoms with Gasteiger partial charge >= 0.3 is 0 Å². The van der Waals surface area contributed by atoms with E-state index in [-0.39, 0.29) is 6.23 Å². The summed E-state index contributed by atoms with van der Waals surface area (Å²) < 4.78 is 7.56. The first kappa shape index (κ1) is 11.7. The Labute approximate surface area is 109 Å². The third-order valence-electron chi connectivity index (χ3n) is 3.27. The quantitative estimate of drug-likeness (QED) is 0.783. The molecule has 1 aromatic carbocycles. The van der Waals surface area contributed by atoms with Crippen molar-refractivity contribution >= 4 is 28.8 Å². The molecule has 1 aliphatic heterocycles. The van der Waals surface area contributed by atoms with Crippen LogP contribution >= 0.6 is 11.6 Å². The van der Waals surface area contributed by atoms with Crippen molar-refractivity contribution < 1.29 is 9.53 Å². The van der Waals surface area contributed by atoms with Gasteiger partial charge in [-0.3, -0.25) is 4.79 Å². The Morgan fingerprint density at radius 1 is 1.44 bits per heavy atom. The normalized spacial score (nSPS) is 20.2. The van der Waals surface area contributed by atoms with Crippen molar-refractivity contribution in [2.45, 2.75) is 25.5 Å². The van der Waals surface area contributed by atoms with Crippen LogP contribution in [-0.2, 0) is 4.74 Å². The molecule has 2 aromatic rings. The summed E-state index contributed by atoms with van der Waals surface area (Å²) in [4.78, 5) is 10.9.